The molecule has 0 spiro atoms. The molecule has 108 valence electrons. The third-order valence-electron chi connectivity index (χ3n) is 3.16. The first-order valence-electron chi connectivity index (χ1n) is 5.90. The molecule has 1 N–H and O–H groups in total. The lowest BCUT2D eigenvalue weighted by atomic mass is 10.0. The lowest BCUT2D eigenvalue weighted by Crippen LogP contribution is -2.46. The van der Waals surface area contributed by atoms with Gasteiger partial charge in [-0.25, -0.2) is 21.6 Å². The molecule has 1 fully saturated rings. The molecular weight excluding hydrogens is 300 g/mol. The molecule has 0 bridgehead atoms. The highest BCUT2D eigenvalue weighted by molar-refractivity contribution is 7.92. The topological polar surface area (TPSA) is 104 Å². The number of hydrogen-bond acceptors (Lipinski definition) is 5. The van der Waals surface area contributed by atoms with Gasteiger partial charge in [0, 0.05) is 5.54 Å². The lowest BCUT2D eigenvalue weighted by Gasteiger charge is -2.23. The largest absolute Gasteiger partial charge is 0.241 e. The maximum absolute atomic E-state index is 12.3. The van der Waals surface area contributed by atoms with Crippen LogP contribution in [0.5, 0.6) is 0 Å². The first kappa shape index (κ1) is 15.0. The smallest absolute Gasteiger partial charge is 0.229 e. The van der Waals surface area contributed by atoms with E-state index >= 15 is 0 Å². The van der Waals surface area contributed by atoms with Crippen molar-refractivity contribution < 1.29 is 16.8 Å². The van der Waals surface area contributed by atoms with E-state index in [0.29, 0.717) is 0 Å². The van der Waals surface area contributed by atoms with Crippen LogP contribution < -0.4 is 4.72 Å². The van der Waals surface area contributed by atoms with Gasteiger partial charge in [-0.2, -0.15) is 5.26 Å². The molecule has 0 aliphatic carbocycles. The van der Waals surface area contributed by atoms with Gasteiger partial charge in [0.25, 0.3) is 0 Å². The molecule has 6 nitrogen and oxygen atoms in total. The van der Waals surface area contributed by atoms with Crippen LogP contribution in [0, 0.1) is 11.3 Å². The summed E-state index contributed by atoms with van der Waals surface area (Å²) < 4.78 is 49.9. The standard InChI is InChI=1S/C12H14N2O4S2/c1-12(5-6-19(15,16)9-12)14-20(17,18)11-4-2-3-10(7-11)8-13/h2-4,7,14H,5-6,9H2,1H3/t12-/m0/s1. The molecule has 0 amide bonds. The number of benzene rings is 1. The van der Waals surface area contributed by atoms with Gasteiger partial charge in [0.1, 0.15) is 0 Å². The summed E-state index contributed by atoms with van der Waals surface area (Å²) in [5.41, 5.74) is -0.766. The second-order valence-corrected chi connectivity index (χ2v) is 9.01. The Hall–Kier alpha value is -1.43. The van der Waals surface area contributed by atoms with E-state index in [2.05, 4.69) is 4.72 Å². The fourth-order valence-corrected chi connectivity index (χ4v) is 5.87. The van der Waals surface area contributed by atoms with E-state index in [1.54, 1.807) is 6.92 Å². The van der Waals surface area contributed by atoms with Crippen molar-refractivity contribution in [3.05, 3.63) is 29.8 Å². The molecule has 0 radical (unpaired) electrons. The second-order valence-electron chi connectivity index (χ2n) is 5.15. The van der Waals surface area contributed by atoms with Crippen molar-refractivity contribution in [1.82, 2.24) is 4.72 Å². The maximum atomic E-state index is 12.3. The van der Waals surface area contributed by atoms with Crippen LogP contribution in [0.15, 0.2) is 29.2 Å². The first-order valence-corrected chi connectivity index (χ1v) is 9.21. The first-order chi connectivity index (χ1) is 9.16. The Kier molecular flexibility index (Phi) is 3.62. The van der Waals surface area contributed by atoms with Crippen LogP contribution in [-0.4, -0.2) is 33.9 Å². The van der Waals surface area contributed by atoms with Crippen molar-refractivity contribution >= 4 is 19.9 Å². The molecule has 0 saturated carbocycles. The Morgan fingerprint density at radius 1 is 1.40 bits per heavy atom. The fraction of sp³-hybridized carbons (Fsp3) is 0.417. The Morgan fingerprint density at radius 2 is 2.10 bits per heavy atom. The van der Waals surface area contributed by atoms with E-state index in [4.69, 9.17) is 5.26 Å². The van der Waals surface area contributed by atoms with Crippen LogP contribution in [0.4, 0.5) is 0 Å². The normalized spacial score (nSPS) is 25.2. The predicted octanol–water partition coefficient (Wildman–Crippen LogP) is 0.414. The summed E-state index contributed by atoms with van der Waals surface area (Å²) in [6, 6.07) is 7.47. The van der Waals surface area contributed by atoms with Crippen LogP contribution in [0.1, 0.15) is 18.9 Å². The highest BCUT2D eigenvalue weighted by Crippen LogP contribution is 2.25. The molecule has 1 aliphatic rings. The van der Waals surface area contributed by atoms with Crippen LogP contribution in [-0.2, 0) is 19.9 Å². The molecule has 1 aliphatic heterocycles. The summed E-state index contributed by atoms with van der Waals surface area (Å²) in [6.45, 7) is 1.57. The SMILES string of the molecule is C[C@]1(NS(=O)(=O)c2cccc(C#N)c2)CCS(=O)(=O)C1. The van der Waals surface area contributed by atoms with E-state index in [1.807, 2.05) is 6.07 Å². The molecule has 1 heterocycles. The van der Waals surface area contributed by atoms with Crippen LogP contribution in [0.3, 0.4) is 0 Å². The Balaban J connectivity index is 2.31. The summed E-state index contributed by atoms with van der Waals surface area (Å²) in [7, 11) is -7.05. The Bertz CT molecular complexity index is 778. The summed E-state index contributed by atoms with van der Waals surface area (Å²) in [4.78, 5) is -0.0397. The number of sulfonamides is 1. The molecule has 1 saturated heterocycles. The van der Waals surface area contributed by atoms with Crippen molar-refractivity contribution in [3.8, 4) is 6.07 Å². The summed E-state index contributed by atoms with van der Waals surface area (Å²) in [5.74, 6) is -0.235. The number of nitrogens with one attached hydrogen (secondary N) is 1. The zero-order valence-electron chi connectivity index (χ0n) is 10.8. The minimum atomic E-state index is -3.85. The second kappa shape index (κ2) is 4.84. The lowest BCUT2D eigenvalue weighted by molar-refractivity contribution is 0.462. The van der Waals surface area contributed by atoms with E-state index in [9.17, 15) is 16.8 Å². The minimum absolute atomic E-state index is 0.0236. The van der Waals surface area contributed by atoms with Gasteiger partial charge in [-0.05, 0) is 31.5 Å². The van der Waals surface area contributed by atoms with Crippen molar-refractivity contribution in [2.45, 2.75) is 23.8 Å². The highest BCUT2D eigenvalue weighted by atomic mass is 32.2. The van der Waals surface area contributed by atoms with E-state index < -0.39 is 25.4 Å². The van der Waals surface area contributed by atoms with Crippen molar-refractivity contribution in [2.75, 3.05) is 11.5 Å². The molecule has 2 rings (SSSR count). The molecule has 1 aromatic rings. The number of nitrogens with zero attached hydrogens (tertiary/aromatic N) is 1. The third kappa shape index (κ3) is 3.17. The minimum Gasteiger partial charge on any atom is -0.229 e. The fourth-order valence-electron chi connectivity index (χ4n) is 2.21. The molecule has 20 heavy (non-hydrogen) atoms. The number of hydrogen-bond donors (Lipinski definition) is 1. The van der Waals surface area contributed by atoms with E-state index in [-0.39, 0.29) is 28.4 Å². The number of rotatable bonds is 3. The van der Waals surface area contributed by atoms with Gasteiger partial charge in [0.2, 0.25) is 10.0 Å². The monoisotopic (exact) mass is 314 g/mol. The Labute approximate surface area is 118 Å². The molecule has 1 atom stereocenters. The zero-order valence-corrected chi connectivity index (χ0v) is 12.5. The van der Waals surface area contributed by atoms with Crippen LogP contribution >= 0.6 is 0 Å². The van der Waals surface area contributed by atoms with Gasteiger partial charge < -0.3 is 0 Å². The van der Waals surface area contributed by atoms with Gasteiger partial charge in [-0.15, -0.1) is 0 Å². The van der Waals surface area contributed by atoms with E-state index in [1.165, 1.54) is 24.3 Å². The van der Waals surface area contributed by atoms with Gasteiger partial charge in [-0.3, -0.25) is 0 Å². The molecule has 0 unspecified atom stereocenters. The van der Waals surface area contributed by atoms with Crippen LogP contribution in [0.2, 0.25) is 0 Å². The summed E-state index contributed by atoms with van der Waals surface area (Å²) in [6.07, 6.45) is 0.243. The predicted molar refractivity (Wildman–Crippen MR) is 73.2 cm³/mol. The number of nitriles is 1. The van der Waals surface area contributed by atoms with Crippen molar-refractivity contribution in [3.63, 3.8) is 0 Å². The quantitative estimate of drug-likeness (QED) is 0.870. The van der Waals surface area contributed by atoms with E-state index in [0.717, 1.165) is 0 Å². The third-order valence-corrected chi connectivity index (χ3v) is 6.70. The average Bonchev–Trinajstić information content (AvgIpc) is 2.62. The van der Waals surface area contributed by atoms with Gasteiger partial charge >= 0.3 is 0 Å². The van der Waals surface area contributed by atoms with Crippen molar-refractivity contribution in [1.29, 1.82) is 5.26 Å². The summed E-state index contributed by atoms with van der Waals surface area (Å²) in [5, 5.41) is 8.79. The Morgan fingerprint density at radius 3 is 2.65 bits per heavy atom. The van der Waals surface area contributed by atoms with Gasteiger partial charge in [0.05, 0.1) is 28.0 Å². The average molecular weight is 314 g/mol. The molecular formula is C12H14N2O4S2. The molecule has 1 aromatic carbocycles. The van der Waals surface area contributed by atoms with Gasteiger partial charge in [0.15, 0.2) is 9.84 Å². The van der Waals surface area contributed by atoms with Crippen LogP contribution in [0.25, 0.3) is 0 Å². The summed E-state index contributed by atoms with van der Waals surface area (Å²) >= 11 is 0. The zero-order chi connectivity index (χ0) is 15.0. The molecule has 0 aromatic heterocycles. The van der Waals surface area contributed by atoms with Gasteiger partial charge in [-0.1, -0.05) is 6.07 Å². The van der Waals surface area contributed by atoms with Crippen molar-refractivity contribution in [2.24, 2.45) is 0 Å². The highest BCUT2D eigenvalue weighted by Gasteiger charge is 2.41. The molecule has 8 heteroatoms. The maximum Gasteiger partial charge on any atom is 0.241 e. The number of sulfone groups is 1.